The number of nitrogens with zero attached hydrogens (tertiary/aromatic N) is 8. The van der Waals surface area contributed by atoms with E-state index in [-0.39, 0.29) is 6.03 Å². The quantitative estimate of drug-likeness (QED) is 0.206. The molecule has 244 valence electrons. The first-order valence-corrected chi connectivity index (χ1v) is 15.8. The van der Waals surface area contributed by atoms with Crippen LogP contribution in [0.1, 0.15) is 29.9 Å². The third-order valence-corrected chi connectivity index (χ3v) is 8.76. The molecule has 2 aromatic carbocycles. The molecule has 1 fully saturated rings. The van der Waals surface area contributed by atoms with Crippen LogP contribution < -0.4 is 25.2 Å². The number of aryl methyl sites for hydroxylation is 2. The van der Waals surface area contributed by atoms with Gasteiger partial charge in [0.05, 0.1) is 41.9 Å². The molecule has 0 saturated carbocycles. The number of methoxy groups -OCH3 is 1. The summed E-state index contributed by atoms with van der Waals surface area (Å²) in [4.78, 5) is 33.0. The molecule has 2 amide bonds. The minimum absolute atomic E-state index is 0.338. The number of fused-ring (bicyclic) bond motifs is 1. The number of rotatable bonds is 9. The molecule has 0 atom stereocenters. The van der Waals surface area contributed by atoms with E-state index in [2.05, 4.69) is 61.6 Å². The Balaban J connectivity index is 1.15. The van der Waals surface area contributed by atoms with Crippen LogP contribution in [-0.2, 0) is 6.54 Å². The van der Waals surface area contributed by atoms with E-state index in [0.717, 1.165) is 65.3 Å². The van der Waals surface area contributed by atoms with Crippen molar-refractivity contribution in [3.05, 3.63) is 84.1 Å². The summed E-state index contributed by atoms with van der Waals surface area (Å²) in [6.07, 6.45) is 3.69. The second kappa shape index (κ2) is 13.6. The molecular weight excluding hydrogens is 592 g/mol. The molecule has 0 unspecified atom stereocenters. The van der Waals surface area contributed by atoms with E-state index in [1.807, 2.05) is 61.0 Å². The number of urea groups is 1. The minimum Gasteiger partial charge on any atom is -0.494 e. The first-order chi connectivity index (χ1) is 22.7. The maximum atomic E-state index is 13.5. The number of amides is 2. The number of nitrogens with one attached hydrogen (secondary N) is 2. The molecule has 0 bridgehead atoms. The lowest BCUT2D eigenvalue weighted by molar-refractivity contribution is 0.249. The van der Waals surface area contributed by atoms with Crippen LogP contribution in [0.25, 0.3) is 10.9 Å². The molecule has 3 aromatic heterocycles. The van der Waals surface area contributed by atoms with Gasteiger partial charge in [0.2, 0.25) is 0 Å². The minimum atomic E-state index is -0.338. The van der Waals surface area contributed by atoms with Gasteiger partial charge in [-0.2, -0.15) is 5.10 Å². The lowest BCUT2D eigenvalue weighted by Crippen LogP contribution is -2.41. The monoisotopic (exact) mass is 634 g/mol. The predicted octanol–water partition coefficient (Wildman–Crippen LogP) is 5.84. The average molecular weight is 635 g/mol. The van der Waals surface area contributed by atoms with Gasteiger partial charge in [-0.1, -0.05) is 12.1 Å². The lowest BCUT2D eigenvalue weighted by atomic mass is 10.0. The summed E-state index contributed by atoms with van der Waals surface area (Å²) >= 11 is 0. The molecule has 0 spiro atoms. The zero-order valence-corrected chi connectivity index (χ0v) is 27.9. The number of hydrogen-bond acceptors (Lipinski definition) is 9. The second-order valence-corrected chi connectivity index (χ2v) is 12.2. The Kier molecular flexibility index (Phi) is 9.21. The van der Waals surface area contributed by atoms with Crippen molar-refractivity contribution in [1.29, 1.82) is 0 Å². The van der Waals surface area contributed by atoms with Crippen molar-refractivity contribution < 1.29 is 9.53 Å². The van der Waals surface area contributed by atoms with E-state index < -0.39 is 0 Å². The molecule has 6 rings (SSSR count). The molecule has 1 aliphatic rings. The topological polar surface area (TPSA) is 117 Å². The number of anilines is 5. The van der Waals surface area contributed by atoms with E-state index in [0.29, 0.717) is 35.7 Å². The summed E-state index contributed by atoms with van der Waals surface area (Å²) in [5.41, 5.74) is 6.19. The SMILES string of the molecule is COc1cc(N2CCC(N(C)C)CC2)ccc1Nc1cc(N(C)C(=O)Nc2cccc3c2c(C)nn3Cc2cccc(C)n2)ncn1. The number of aromatic nitrogens is 5. The second-order valence-electron chi connectivity index (χ2n) is 12.2. The molecule has 0 radical (unpaired) electrons. The van der Waals surface area contributed by atoms with Crippen LogP contribution in [0, 0.1) is 13.8 Å². The zero-order chi connectivity index (χ0) is 33.1. The smallest absolute Gasteiger partial charge is 0.327 e. The Morgan fingerprint density at radius 1 is 0.979 bits per heavy atom. The molecule has 0 aliphatic carbocycles. The van der Waals surface area contributed by atoms with E-state index in [1.165, 1.54) is 11.2 Å². The highest BCUT2D eigenvalue weighted by molar-refractivity contribution is 6.07. The highest BCUT2D eigenvalue weighted by atomic mass is 16.5. The number of ether oxygens (including phenoxy) is 1. The van der Waals surface area contributed by atoms with Gasteiger partial charge < -0.3 is 25.2 Å². The van der Waals surface area contributed by atoms with Crippen molar-refractivity contribution in [3.8, 4) is 5.75 Å². The molecule has 47 heavy (non-hydrogen) atoms. The molecule has 2 N–H and O–H groups in total. The van der Waals surface area contributed by atoms with E-state index in [1.54, 1.807) is 20.2 Å². The van der Waals surface area contributed by atoms with Gasteiger partial charge in [-0.3, -0.25) is 14.6 Å². The number of piperidine rings is 1. The largest absolute Gasteiger partial charge is 0.494 e. The molecule has 12 heteroatoms. The third-order valence-electron chi connectivity index (χ3n) is 8.76. The van der Waals surface area contributed by atoms with Crippen LogP contribution in [0.15, 0.2) is 67.0 Å². The molecule has 1 aliphatic heterocycles. The first kappa shape index (κ1) is 31.7. The highest BCUT2D eigenvalue weighted by Crippen LogP contribution is 2.34. The number of carbonyl (C=O) groups is 1. The maximum absolute atomic E-state index is 13.5. The summed E-state index contributed by atoms with van der Waals surface area (Å²) < 4.78 is 7.67. The van der Waals surface area contributed by atoms with E-state index >= 15 is 0 Å². The van der Waals surface area contributed by atoms with Gasteiger partial charge in [-0.15, -0.1) is 0 Å². The van der Waals surface area contributed by atoms with Crippen molar-refractivity contribution in [1.82, 2.24) is 29.6 Å². The van der Waals surface area contributed by atoms with E-state index in [4.69, 9.17) is 9.84 Å². The molecule has 5 aromatic rings. The first-order valence-electron chi connectivity index (χ1n) is 15.8. The van der Waals surface area contributed by atoms with Crippen LogP contribution in [0.5, 0.6) is 5.75 Å². The average Bonchev–Trinajstić information content (AvgIpc) is 3.39. The molecule has 4 heterocycles. The normalized spacial score (nSPS) is 13.6. The Hall–Kier alpha value is -5.23. The standard InChI is InChI=1S/C35H42N10O2/c1-23-9-7-10-25(38-23)21-45-30-12-8-11-29(34(30)24(2)41-45)40-35(46)43(5)33-20-32(36-22-37-33)39-28-14-13-27(19-31(28)47-6)44-17-15-26(16-18-44)42(3)4/h7-14,19-20,22,26H,15-18,21H2,1-6H3,(H,40,46)(H,36,37,39). The molecular formula is C35H42N10O2. The van der Waals surface area contributed by atoms with Crippen LogP contribution in [-0.4, -0.2) is 83.0 Å². The van der Waals surface area contributed by atoms with E-state index in [9.17, 15) is 4.79 Å². The number of pyridine rings is 1. The van der Waals surface area contributed by atoms with Crippen LogP contribution in [0.3, 0.4) is 0 Å². The Morgan fingerprint density at radius 2 is 1.77 bits per heavy atom. The molecule has 12 nitrogen and oxygen atoms in total. The maximum Gasteiger partial charge on any atom is 0.327 e. The van der Waals surface area contributed by atoms with Crippen molar-refractivity contribution in [2.45, 2.75) is 39.3 Å². The summed E-state index contributed by atoms with van der Waals surface area (Å²) in [6, 6.07) is 19.9. The van der Waals surface area contributed by atoms with Crippen molar-refractivity contribution in [2.75, 3.05) is 61.8 Å². The lowest BCUT2D eigenvalue weighted by Gasteiger charge is -2.36. The zero-order valence-electron chi connectivity index (χ0n) is 27.9. The van der Waals surface area contributed by atoms with Crippen LogP contribution in [0.2, 0.25) is 0 Å². The number of carbonyl (C=O) groups excluding carboxylic acids is 1. The summed E-state index contributed by atoms with van der Waals surface area (Å²) in [7, 11) is 7.64. The van der Waals surface area contributed by atoms with Gasteiger partial charge in [-0.05, 0) is 77.2 Å². The van der Waals surface area contributed by atoms with Crippen LogP contribution in [0.4, 0.5) is 33.5 Å². The van der Waals surface area contributed by atoms with Gasteiger partial charge in [0.15, 0.2) is 0 Å². The van der Waals surface area contributed by atoms with Gasteiger partial charge in [0.1, 0.15) is 23.7 Å². The third kappa shape index (κ3) is 6.97. The van der Waals surface area contributed by atoms with Gasteiger partial charge >= 0.3 is 6.03 Å². The predicted molar refractivity (Wildman–Crippen MR) is 187 cm³/mol. The van der Waals surface area contributed by atoms with Crippen LogP contribution >= 0.6 is 0 Å². The van der Waals surface area contributed by atoms with Gasteiger partial charge in [0, 0.05) is 55.1 Å². The fourth-order valence-electron chi connectivity index (χ4n) is 6.15. The fraction of sp³-hybridized carbons (Fsp3) is 0.343. The summed E-state index contributed by atoms with van der Waals surface area (Å²) in [6.45, 7) is 6.45. The Bertz CT molecular complexity index is 1880. The number of hydrogen-bond donors (Lipinski definition) is 2. The Labute approximate surface area is 275 Å². The molecule has 1 saturated heterocycles. The van der Waals surface area contributed by atoms with Gasteiger partial charge in [-0.25, -0.2) is 14.8 Å². The van der Waals surface area contributed by atoms with Crippen molar-refractivity contribution >= 4 is 45.6 Å². The highest BCUT2D eigenvalue weighted by Gasteiger charge is 2.22. The van der Waals surface area contributed by atoms with Crippen molar-refractivity contribution in [3.63, 3.8) is 0 Å². The van der Waals surface area contributed by atoms with Gasteiger partial charge in [0.25, 0.3) is 0 Å². The summed E-state index contributed by atoms with van der Waals surface area (Å²) in [5, 5.41) is 12.0. The van der Waals surface area contributed by atoms with Crippen molar-refractivity contribution in [2.24, 2.45) is 0 Å². The number of benzene rings is 2. The summed E-state index contributed by atoms with van der Waals surface area (Å²) in [5.74, 6) is 1.69. The Morgan fingerprint density at radius 3 is 2.51 bits per heavy atom. The fourth-order valence-corrected chi connectivity index (χ4v) is 6.15.